The van der Waals surface area contributed by atoms with Gasteiger partial charge in [-0.2, -0.15) is 0 Å². The van der Waals surface area contributed by atoms with Crippen LogP contribution < -0.4 is 9.47 Å². The monoisotopic (exact) mass is 430 g/mol. The average molecular weight is 430 g/mol. The van der Waals surface area contributed by atoms with E-state index in [0.717, 1.165) is 16.7 Å². The van der Waals surface area contributed by atoms with Crippen LogP contribution in [0.2, 0.25) is 0 Å². The van der Waals surface area contributed by atoms with Gasteiger partial charge in [0.25, 0.3) is 0 Å². The van der Waals surface area contributed by atoms with Crippen molar-refractivity contribution in [1.29, 1.82) is 0 Å². The van der Waals surface area contributed by atoms with Crippen LogP contribution in [0.5, 0.6) is 11.5 Å². The number of carboxylic acid groups (broad SMARTS) is 1. The summed E-state index contributed by atoms with van der Waals surface area (Å²) in [7, 11) is 0. The molecule has 3 aromatic carbocycles. The number of aryl methyl sites for hydroxylation is 2. The van der Waals surface area contributed by atoms with Gasteiger partial charge < -0.3 is 14.6 Å². The van der Waals surface area contributed by atoms with E-state index in [1.54, 1.807) is 18.2 Å². The first kappa shape index (κ1) is 22.2. The van der Waals surface area contributed by atoms with Crippen molar-refractivity contribution in [3.63, 3.8) is 0 Å². The summed E-state index contributed by atoms with van der Waals surface area (Å²) >= 11 is 0. The molecule has 0 heterocycles. The zero-order valence-electron chi connectivity index (χ0n) is 17.0. The van der Waals surface area contributed by atoms with E-state index in [0.29, 0.717) is 22.4 Å². The van der Waals surface area contributed by atoms with Crippen molar-refractivity contribution in [2.75, 3.05) is 0 Å². The molecule has 3 aromatic rings. The van der Waals surface area contributed by atoms with Crippen LogP contribution >= 0.6 is 0 Å². The van der Waals surface area contributed by atoms with E-state index in [4.69, 9.17) is 4.74 Å². The minimum Gasteiger partial charge on any atom is -0.489 e. The number of carbonyl (C=O) groups is 1. The van der Waals surface area contributed by atoms with Gasteiger partial charge >= 0.3 is 12.3 Å². The fraction of sp³-hybridized carbons (Fsp3) is 0.208. The van der Waals surface area contributed by atoms with Gasteiger partial charge in [0.1, 0.15) is 18.1 Å². The predicted octanol–water partition coefficient (Wildman–Crippen LogP) is 6.08. The highest BCUT2D eigenvalue weighted by Crippen LogP contribution is 2.30. The summed E-state index contributed by atoms with van der Waals surface area (Å²) in [4.78, 5) is 11.3. The summed E-state index contributed by atoms with van der Waals surface area (Å²) in [5.74, 6) is -0.889. The van der Waals surface area contributed by atoms with E-state index in [1.807, 2.05) is 26.0 Å². The zero-order chi connectivity index (χ0) is 22.6. The van der Waals surface area contributed by atoms with E-state index in [9.17, 15) is 23.1 Å². The Labute approximate surface area is 177 Å². The molecule has 0 unspecified atom stereocenters. The van der Waals surface area contributed by atoms with Crippen molar-refractivity contribution < 1.29 is 32.5 Å². The molecule has 0 fully saturated rings. The highest BCUT2D eigenvalue weighted by molar-refractivity contribution is 5.74. The van der Waals surface area contributed by atoms with Gasteiger partial charge in [0.15, 0.2) is 0 Å². The van der Waals surface area contributed by atoms with Gasteiger partial charge in [-0.1, -0.05) is 47.5 Å². The standard InChI is InChI=1S/C24H21F3O4/c1-15-9-16(2)11-17(10-15)14-30-22-8-5-19(12-20(22)13-23(28)29)18-3-6-21(7-4-18)31-24(25,26)27/h3-12H,13-14H2,1-2H3,(H,28,29). The molecule has 1 N–H and O–H groups in total. The molecule has 0 aliphatic carbocycles. The van der Waals surface area contributed by atoms with Crippen molar-refractivity contribution in [1.82, 2.24) is 0 Å². The van der Waals surface area contributed by atoms with Crippen LogP contribution in [0.15, 0.2) is 60.7 Å². The third-order valence-corrected chi connectivity index (χ3v) is 4.50. The van der Waals surface area contributed by atoms with Crippen molar-refractivity contribution in [2.45, 2.75) is 33.2 Å². The number of aliphatic carboxylic acids is 1. The van der Waals surface area contributed by atoms with Crippen LogP contribution in [0.4, 0.5) is 13.2 Å². The molecule has 0 spiro atoms. The normalized spacial score (nSPS) is 11.3. The molecule has 3 rings (SSSR count). The van der Waals surface area contributed by atoms with Gasteiger partial charge in [-0.15, -0.1) is 13.2 Å². The van der Waals surface area contributed by atoms with Gasteiger partial charge in [-0.3, -0.25) is 4.79 Å². The Morgan fingerprint density at radius 1 is 0.903 bits per heavy atom. The molecule has 0 aromatic heterocycles. The van der Waals surface area contributed by atoms with E-state index in [2.05, 4.69) is 10.8 Å². The van der Waals surface area contributed by atoms with Crippen LogP contribution in [-0.2, 0) is 17.8 Å². The topological polar surface area (TPSA) is 55.8 Å². The Hall–Kier alpha value is -3.48. The maximum atomic E-state index is 12.3. The SMILES string of the molecule is Cc1cc(C)cc(COc2ccc(-c3ccc(OC(F)(F)F)cc3)cc2CC(=O)O)c1. The highest BCUT2D eigenvalue weighted by Gasteiger charge is 2.31. The second-order valence-electron chi connectivity index (χ2n) is 7.25. The van der Waals surface area contributed by atoms with Crippen molar-refractivity contribution >= 4 is 5.97 Å². The van der Waals surface area contributed by atoms with Crippen LogP contribution in [0.25, 0.3) is 11.1 Å². The van der Waals surface area contributed by atoms with Gasteiger partial charge in [-0.25, -0.2) is 0 Å². The number of rotatable bonds is 7. The zero-order valence-corrected chi connectivity index (χ0v) is 17.0. The maximum Gasteiger partial charge on any atom is 0.573 e. The minimum absolute atomic E-state index is 0.245. The number of ether oxygens (including phenoxy) is 2. The molecule has 0 aliphatic heterocycles. The first-order valence-corrected chi connectivity index (χ1v) is 9.50. The molecule has 0 saturated heterocycles. The largest absolute Gasteiger partial charge is 0.573 e. The summed E-state index contributed by atoms with van der Waals surface area (Å²) in [6.45, 7) is 4.27. The lowest BCUT2D eigenvalue weighted by Crippen LogP contribution is -2.16. The summed E-state index contributed by atoms with van der Waals surface area (Å²) in [5.41, 5.74) is 4.96. The van der Waals surface area contributed by atoms with Crippen LogP contribution in [0, 0.1) is 13.8 Å². The number of hydrogen-bond donors (Lipinski definition) is 1. The van der Waals surface area contributed by atoms with E-state index < -0.39 is 12.3 Å². The number of alkyl halides is 3. The van der Waals surface area contributed by atoms with Crippen molar-refractivity contribution in [3.8, 4) is 22.6 Å². The third kappa shape index (κ3) is 6.50. The van der Waals surface area contributed by atoms with Crippen LogP contribution in [0.3, 0.4) is 0 Å². The summed E-state index contributed by atoms with van der Waals surface area (Å²) in [5, 5.41) is 9.28. The molecule has 4 nitrogen and oxygen atoms in total. The molecule has 0 radical (unpaired) electrons. The van der Waals surface area contributed by atoms with E-state index in [-0.39, 0.29) is 18.8 Å². The van der Waals surface area contributed by atoms with Gasteiger partial charge in [0.05, 0.1) is 6.42 Å². The van der Waals surface area contributed by atoms with Crippen LogP contribution in [-0.4, -0.2) is 17.4 Å². The Bertz CT molecular complexity index is 1050. The Morgan fingerprint density at radius 3 is 2.10 bits per heavy atom. The summed E-state index contributed by atoms with van der Waals surface area (Å²) in [6, 6.07) is 16.5. The molecular weight excluding hydrogens is 409 g/mol. The predicted molar refractivity (Wildman–Crippen MR) is 110 cm³/mol. The number of halogens is 3. The van der Waals surface area contributed by atoms with E-state index in [1.165, 1.54) is 24.3 Å². The second kappa shape index (κ2) is 9.12. The molecule has 0 amide bonds. The Morgan fingerprint density at radius 2 is 1.52 bits per heavy atom. The molecule has 0 aliphatic rings. The first-order valence-electron chi connectivity index (χ1n) is 9.50. The molecule has 31 heavy (non-hydrogen) atoms. The second-order valence-corrected chi connectivity index (χ2v) is 7.25. The fourth-order valence-corrected chi connectivity index (χ4v) is 3.36. The Kier molecular flexibility index (Phi) is 6.53. The van der Waals surface area contributed by atoms with E-state index >= 15 is 0 Å². The van der Waals surface area contributed by atoms with Gasteiger partial charge in [-0.05, 0) is 54.8 Å². The molecule has 162 valence electrons. The lowest BCUT2D eigenvalue weighted by atomic mass is 10.0. The molecule has 7 heteroatoms. The third-order valence-electron chi connectivity index (χ3n) is 4.50. The summed E-state index contributed by atoms with van der Waals surface area (Å²) in [6.07, 6.45) is -5.00. The number of hydrogen-bond acceptors (Lipinski definition) is 3. The first-order chi connectivity index (χ1) is 14.6. The minimum atomic E-state index is -4.76. The highest BCUT2D eigenvalue weighted by atomic mass is 19.4. The van der Waals surface area contributed by atoms with Crippen molar-refractivity contribution in [2.24, 2.45) is 0 Å². The lowest BCUT2D eigenvalue weighted by Gasteiger charge is -2.14. The van der Waals surface area contributed by atoms with Crippen LogP contribution in [0.1, 0.15) is 22.3 Å². The summed E-state index contributed by atoms with van der Waals surface area (Å²) < 4.78 is 46.8. The smallest absolute Gasteiger partial charge is 0.489 e. The lowest BCUT2D eigenvalue weighted by molar-refractivity contribution is -0.274. The molecular formula is C24H21F3O4. The Balaban J connectivity index is 1.83. The molecule has 0 atom stereocenters. The quantitative estimate of drug-likeness (QED) is 0.494. The number of benzene rings is 3. The number of carboxylic acids is 1. The maximum absolute atomic E-state index is 12.3. The van der Waals surface area contributed by atoms with Gasteiger partial charge in [0, 0.05) is 5.56 Å². The molecule has 0 saturated carbocycles. The average Bonchev–Trinajstić information content (AvgIpc) is 2.65. The van der Waals surface area contributed by atoms with Gasteiger partial charge in [0.2, 0.25) is 0 Å². The molecule has 0 bridgehead atoms. The fourth-order valence-electron chi connectivity index (χ4n) is 3.36. The van der Waals surface area contributed by atoms with Crippen molar-refractivity contribution in [3.05, 3.63) is 82.9 Å².